The molecule has 0 aliphatic heterocycles. The summed E-state index contributed by atoms with van der Waals surface area (Å²) in [5.74, 6) is 6.97. The van der Waals surface area contributed by atoms with Crippen LogP contribution in [-0.2, 0) is 0 Å². The molecule has 5 N–H and O–H groups in total. The Morgan fingerprint density at radius 2 is 2.21 bits per heavy atom. The molecular weight excluding hydrogens is 310 g/mol. The molecule has 1 heterocycles. The first kappa shape index (κ1) is 14.5. The largest absolute Gasteiger partial charge is 0.388 e. The van der Waals surface area contributed by atoms with E-state index in [4.69, 9.17) is 5.84 Å². The van der Waals surface area contributed by atoms with Crippen molar-refractivity contribution >= 4 is 27.7 Å². The van der Waals surface area contributed by atoms with Gasteiger partial charge in [0.1, 0.15) is 5.82 Å². The lowest BCUT2D eigenvalue weighted by Gasteiger charge is -2.35. The maximum absolute atomic E-state index is 10.5. The molecule has 0 aromatic carbocycles. The van der Waals surface area contributed by atoms with Gasteiger partial charge in [-0.3, -0.25) is 5.43 Å². The maximum atomic E-state index is 10.5. The highest BCUT2D eigenvalue weighted by Gasteiger charge is 2.31. The highest BCUT2D eigenvalue weighted by atomic mass is 79.9. The van der Waals surface area contributed by atoms with Crippen molar-refractivity contribution in [3.63, 3.8) is 0 Å². The first-order valence-electron chi connectivity index (χ1n) is 6.48. The summed E-state index contributed by atoms with van der Waals surface area (Å²) in [6.45, 7) is 2.71. The second-order valence-corrected chi connectivity index (χ2v) is 6.15. The molecule has 0 radical (unpaired) electrons. The molecule has 1 aromatic heterocycles. The van der Waals surface area contributed by atoms with E-state index in [2.05, 4.69) is 43.6 Å². The van der Waals surface area contributed by atoms with Gasteiger partial charge in [0.15, 0.2) is 0 Å². The summed E-state index contributed by atoms with van der Waals surface area (Å²) >= 11 is 3.37. The number of hydrogen-bond acceptors (Lipinski definition) is 6. The molecule has 19 heavy (non-hydrogen) atoms. The van der Waals surface area contributed by atoms with E-state index in [1.54, 1.807) is 6.20 Å². The molecule has 106 valence electrons. The predicted molar refractivity (Wildman–Crippen MR) is 78.6 cm³/mol. The van der Waals surface area contributed by atoms with E-state index < -0.39 is 5.60 Å². The van der Waals surface area contributed by atoms with Crippen molar-refractivity contribution in [2.45, 2.75) is 38.2 Å². The number of aromatic nitrogens is 2. The number of aliphatic hydroxyl groups is 1. The van der Waals surface area contributed by atoms with Gasteiger partial charge in [0.25, 0.3) is 0 Å². The van der Waals surface area contributed by atoms with Crippen LogP contribution in [0.15, 0.2) is 10.7 Å². The van der Waals surface area contributed by atoms with Crippen molar-refractivity contribution in [2.24, 2.45) is 11.8 Å². The smallest absolute Gasteiger partial charge is 0.239 e. The van der Waals surface area contributed by atoms with E-state index in [0.717, 1.165) is 30.2 Å². The Morgan fingerprint density at radius 1 is 1.53 bits per heavy atom. The summed E-state index contributed by atoms with van der Waals surface area (Å²) in [5.41, 5.74) is 1.76. The number of hydrogen-bond donors (Lipinski definition) is 4. The Bertz CT molecular complexity index is 434. The SMILES string of the molecule is CC1CCC(O)(CNc2nc(NN)ncc2Br)CC1. The van der Waals surface area contributed by atoms with Gasteiger partial charge in [0.2, 0.25) is 5.95 Å². The molecule has 0 bridgehead atoms. The number of nitrogen functional groups attached to an aromatic ring is 1. The fourth-order valence-electron chi connectivity index (χ4n) is 2.29. The van der Waals surface area contributed by atoms with Gasteiger partial charge < -0.3 is 10.4 Å². The van der Waals surface area contributed by atoms with Gasteiger partial charge in [-0.15, -0.1) is 0 Å². The van der Waals surface area contributed by atoms with Crippen LogP contribution in [0.2, 0.25) is 0 Å². The Kier molecular flexibility index (Phi) is 4.59. The highest BCUT2D eigenvalue weighted by Crippen LogP contribution is 2.32. The minimum Gasteiger partial charge on any atom is -0.388 e. The summed E-state index contributed by atoms with van der Waals surface area (Å²) in [5, 5.41) is 13.7. The van der Waals surface area contributed by atoms with Crippen LogP contribution in [0.1, 0.15) is 32.6 Å². The molecule has 0 unspecified atom stereocenters. The van der Waals surface area contributed by atoms with Crippen molar-refractivity contribution in [3.05, 3.63) is 10.7 Å². The quantitative estimate of drug-likeness (QED) is 0.497. The fraction of sp³-hybridized carbons (Fsp3) is 0.667. The van der Waals surface area contributed by atoms with Gasteiger partial charge in [0, 0.05) is 12.7 Å². The predicted octanol–water partition coefficient (Wildman–Crippen LogP) is 1.88. The third kappa shape index (κ3) is 3.77. The summed E-state index contributed by atoms with van der Waals surface area (Å²) in [4.78, 5) is 8.19. The normalized spacial score (nSPS) is 27.1. The molecule has 1 aliphatic carbocycles. The summed E-state index contributed by atoms with van der Waals surface area (Å²) in [7, 11) is 0. The van der Waals surface area contributed by atoms with Gasteiger partial charge in [-0.2, -0.15) is 4.98 Å². The minimum atomic E-state index is -0.646. The molecule has 6 nitrogen and oxygen atoms in total. The number of halogens is 1. The zero-order valence-corrected chi connectivity index (χ0v) is 12.6. The summed E-state index contributed by atoms with van der Waals surface area (Å²) in [6, 6.07) is 0. The zero-order valence-electron chi connectivity index (χ0n) is 11.0. The van der Waals surface area contributed by atoms with Crippen molar-refractivity contribution in [2.75, 3.05) is 17.3 Å². The van der Waals surface area contributed by atoms with E-state index >= 15 is 0 Å². The van der Waals surface area contributed by atoms with E-state index in [0.29, 0.717) is 24.2 Å². The maximum Gasteiger partial charge on any atom is 0.239 e. The van der Waals surface area contributed by atoms with E-state index in [-0.39, 0.29) is 0 Å². The molecule has 0 amide bonds. The molecular formula is C12H20BrN5O. The molecule has 1 aromatic rings. The van der Waals surface area contributed by atoms with Crippen LogP contribution in [0.5, 0.6) is 0 Å². The second kappa shape index (κ2) is 6.02. The lowest BCUT2D eigenvalue weighted by Crippen LogP contribution is -2.40. The topological polar surface area (TPSA) is 96.1 Å². The van der Waals surface area contributed by atoms with Crippen molar-refractivity contribution in [3.8, 4) is 0 Å². The minimum absolute atomic E-state index is 0.343. The molecule has 0 spiro atoms. The Labute approximate surface area is 121 Å². The average Bonchev–Trinajstić information content (AvgIpc) is 2.42. The molecule has 1 fully saturated rings. The van der Waals surface area contributed by atoms with Crippen LogP contribution in [0, 0.1) is 5.92 Å². The second-order valence-electron chi connectivity index (χ2n) is 5.29. The summed E-state index contributed by atoms with van der Waals surface area (Å²) < 4.78 is 0.749. The molecule has 7 heteroatoms. The average molecular weight is 330 g/mol. The van der Waals surface area contributed by atoms with E-state index in [1.807, 2.05) is 0 Å². The van der Waals surface area contributed by atoms with Crippen LogP contribution in [0.4, 0.5) is 11.8 Å². The summed E-state index contributed by atoms with van der Waals surface area (Å²) in [6.07, 6.45) is 5.41. The van der Waals surface area contributed by atoms with Gasteiger partial charge in [0.05, 0.1) is 10.1 Å². The third-order valence-corrected chi connectivity index (χ3v) is 4.24. The lowest BCUT2D eigenvalue weighted by molar-refractivity contribution is 0.00493. The standard InChI is InChI=1S/C12H20BrN5O/c1-8-2-4-12(19,5-3-8)7-16-10-9(13)6-15-11(17-10)18-14/h6,8,19H,2-5,7,14H2,1H3,(H2,15,16,17,18). The lowest BCUT2D eigenvalue weighted by atomic mass is 9.79. The van der Waals surface area contributed by atoms with Crippen LogP contribution in [0.25, 0.3) is 0 Å². The van der Waals surface area contributed by atoms with Crippen molar-refractivity contribution < 1.29 is 5.11 Å². The van der Waals surface area contributed by atoms with Gasteiger partial charge in [-0.1, -0.05) is 6.92 Å². The first-order valence-corrected chi connectivity index (χ1v) is 7.27. The highest BCUT2D eigenvalue weighted by molar-refractivity contribution is 9.10. The fourth-order valence-corrected chi connectivity index (χ4v) is 2.62. The Balaban J connectivity index is 1.98. The van der Waals surface area contributed by atoms with Crippen LogP contribution < -0.4 is 16.6 Å². The van der Waals surface area contributed by atoms with E-state index in [1.165, 1.54) is 0 Å². The molecule has 2 rings (SSSR count). The van der Waals surface area contributed by atoms with Crippen molar-refractivity contribution in [1.29, 1.82) is 0 Å². The molecule has 1 saturated carbocycles. The van der Waals surface area contributed by atoms with E-state index in [9.17, 15) is 5.11 Å². The molecule has 1 aliphatic rings. The Hall–Kier alpha value is -0.920. The van der Waals surface area contributed by atoms with Gasteiger partial charge in [-0.05, 0) is 47.5 Å². The monoisotopic (exact) mass is 329 g/mol. The Morgan fingerprint density at radius 3 is 2.84 bits per heavy atom. The van der Waals surface area contributed by atoms with Crippen LogP contribution in [0.3, 0.4) is 0 Å². The van der Waals surface area contributed by atoms with Gasteiger partial charge in [-0.25, -0.2) is 10.8 Å². The van der Waals surface area contributed by atoms with Crippen molar-refractivity contribution in [1.82, 2.24) is 9.97 Å². The number of nitrogens with one attached hydrogen (secondary N) is 2. The number of anilines is 2. The number of hydrazine groups is 1. The molecule has 0 saturated heterocycles. The number of nitrogens with zero attached hydrogens (tertiary/aromatic N) is 2. The third-order valence-electron chi connectivity index (χ3n) is 3.66. The number of nitrogens with two attached hydrogens (primary N) is 1. The molecule has 0 atom stereocenters. The van der Waals surface area contributed by atoms with Crippen LogP contribution >= 0.6 is 15.9 Å². The van der Waals surface area contributed by atoms with Crippen LogP contribution in [-0.4, -0.2) is 27.2 Å². The van der Waals surface area contributed by atoms with Gasteiger partial charge >= 0.3 is 0 Å². The zero-order chi connectivity index (χ0) is 13.9. The number of rotatable bonds is 4. The first-order chi connectivity index (χ1) is 9.02.